The van der Waals surface area contributed by atoms with Gasteiger partial charge in [0.15, 0.2) is 0 Å². The molecule has 1 N–H and O–H groups in total. The van der Waals surface area contributed by atoms with Crippen LogP contribution in [-0.4, -0.2) is 5.91 Å². The van der Waals surface area contributed by atoms with E-state index in [0.29, 0.717) is 6.54 Å². The molecule has 0 unspecified atom stereocenters. The Morgan fingerprint density at radius 1 is 0.944 bits per heavy atom. The molecule has 0 saturated carbocycles. The minimum absolute atomic E-state index is 0.00615. The van der Waals surface area contributed by atoms with Gasteiger partial charge in [-0.1, -0.05) is 36.1 Å². The van der Waals surface area contributed by atoms with E-state index in [0.717, 1.165) is 22.3 Å². The Kier molecular flexibility index (Phi) is 2.59. The van der Waals surface area contributed by atoms with Crippen LogP contribution in [-0.2, 0) is 6.54 Å². The number of fused-ring (bicyclic) bond motifs is 1. The molecule has 0 atom stereocenters. The lowest BCUT2D eigenvalue weighted by atomic mass is 10.0. The Balaban J connectivity index is 2.01. The second-order valence-electron chi connectivity index (χ2n) is 4.13. The molecule has 18 heavy (non-hydrogen) atoms. The highest BCUT2D eigenvalue weighted by Gasteiger charge is 2.20. The van der Waals surface area contributed by atoms with Gasteiger partial charge in [-0.2, -0.15) is 0 Å². The third kappa shape index (κ3) is 1.87. The molecule has 0 bridgehead atoms. The lowest BCUT2D eigenvalue weighted by Gasteiger charge is -1.98. The maximum Gasteiger partial charge on any atom is 0.251 e. The molecular formula is C16H11NO. The molecule has 3 rings (SSSR count). The smallest absolute Gasteiger partial charge is 0.251 e. The average Bonchev–Trinajstić information content (AvgIpc) is 2.80. The van der Waals surface area contributed by atoms with Crippen molar-refractivity contribution in [2.45, 2.75) is 6.54 Å². The predicted molar refractivity (Wildman–Crippen MR) is 70.0 cm³/mol. The third-order valence-corrected chi connectivity index (χ3v) is 2.96. The van der Waals surface area contributed by atoms with Crippen LogP contribution in [0.4, 0.5) is 0 Å². The first kappa shape index (κ1) is 10.6. The molecule has 0 radical (unpaired) electrons. The summed E-state index contributed by atoms with van der Waals surface area (Å²) in [6.45, 7) is 0.577. The maximum atomic E-state index is 11.5. The number of nitrogens with one attached hydrogen (secondary N) is 1. The minimum atomic E-state index is -0.00615. The van der Waals surface area contributed by atoms with Gasteiger partial charge in [0, 0.05) is 23.2 Å². The first-order valence-corrected chi connectivity index (χ1v) is 5.82. The summed E-state index contributed by atoms with van der Waals surface area (Å²) in [7, 11) is 0. The van der Waals surface area contributed by atoms with E-state index in [-0.39, 0.29) is 5.91 Å². The van der Waals surface area contributed by atoms with Crippen LogP contribution < -0.4 is 5.32 Å². The summed E-state index contributed by atoms with van der Waals surface area (Å²) >= 11 is 0. The predicted octanol–water partition coefficient (Wildman–Crippen LogP) is 2.33. The number of hydrogen-bond donors (Lipinski definition) is 1. The van der Waals surface area contributed by atoms with E-state index in [9.17, 15) is 4.79 Å². The van der Waals surface area contributed by atoms with E-state index in [1.54, 1.807) is 0 Å². The normalized spacial score (nSPS) is 12.3. The maximum absolute atomic E-state index is 11.5. The number of amides is 1. The van der Waals surface area contributed by atoms with Gasteiger partial charge in [0.1, 0.15) is 0 Å². The fourth-order valence-electron chi connectivity index (χ4n) is 2.03. The number of benzene rings is 2. The lowest BCUT2D eigenvalue weighted by Crippen LogP contribution is -2.12. The summed E-state index contributed by atoms with van der Waals surface area (Å²) < 4.78 is 0. The fraction of sp³-hybridized carbons (Fsp3) is 0.0625. The largest absolute Gasteiger partial charge is 0.348 e. The van der Waals surface area contributed by atoms with Gasteiger partial charge in [-0.25, -0.2) is 0 Å². The third-order valence-electron chi connectivity index (χ3n) is 2.96. The fourth-order valence-corrected chi connectivity index (χ4v) is 2.03. The highest BCUT2D eigenvalue weighted by molar-refractivity contribution is 5.99. The van der Waals surface area contributed by atoms with Crippen molar-refractivity contribution < 1.29 is 4.79 Å². The first-order chi connectivity index (χ1) is 8.84. The van der Waals surface area contributed by atoms with Gasteiger partial charge in [-0.3, -0.25) is 4.79 Å². The molecule has 2 aromatic carbocycles. The average molecular weight is 233 g/mol. The second kappa shape index (κ2) is 4.38. The number of carbonyl (C=O) groups excluding carboxylic acids is 1. The molecule has 1 aliphatic rings. The summed E-state index contributed by atoms with van der Waals surface area (Å²) in [5, 5.41) is 2.82. The van der Waals surface area contributed by atoms with Crippen molar-refractivity contribution in [2.24, 2.45) is 0 Å². The van der Waals surface area contributed by atoms with E-state index in [1.807, 2.05) is 48.5 Å². The molecule has 2 heteroatoms. The van der Waals surface area contributed by atoms with Gasteiger partial charge in [0.25, 0.3) is 5.91 Å². The molecule has 0 aliphatic carbocycles. The van der Waals surface area contributed by atoms with E-state index < -0.39 is 0 Å². The van der Waals surface area contributed by atoms with Crippen molar-refractivity contribution >= 4 is 5.91 Å². The first-order valence-electron chi connectivity index (χ1n) is 5.82. The highest BCUT2D eigenvalue weighted by atomic mass is 16.1. The zero-order valence-electron chi connectivity index (χ0n) is 9.73. The molecule has 2 nitrogen and oxygen atoms in total. The molecule has 86 valence electrons. The zero-order chi connectivity index (χ0) is 12.4. The van der Waals surface area contributed by atoms with E-state index >= 15 is 0 Å². The van der Waals surface area contributed by atoms with E-state index in [1.165, 1.54) is 0 Å². The standard InChI is InChI=1S/C16H11NO/c18-16-14-8-4-7-13(15(14)11-17-16)10-9-12-5-2-1-3-6-12/h1-8H,11H2,(H,17,18). The van der Waals surface area contributed by atoms with Crippen molar-refractivity contribution in [2.75, 3.05) is 0 Å². The topological polar surface area (TPSA) is 29.1 Å². The molecule has 0 fully saturated rings. The van der Waals surface area contributed by atoms with Crippen molar-refractivity contribution in [1.82, 2.24) is 5.32 Å². The van der Waals surface area contributed by atoms with Crippen LogP contribution in [0.3, 0.4) is 0 Å². The number of hydrogen-bond acceptors (Lipinski definition) is 1. The van der Waals surface area contributed by atoms with Crippen LogP contribution in [0.2, 0.25) is 0 Å². The molecule has 1 heterocycles. The van der Waals surface area contributed by atoms with Crippen molar-refractivity contribution in [3.63, 3.8) is 0 Å². The summed E-state index contributed by atoms with van der Waals surface area (Å²) in [5.74, 6) is 6.25. The van der Waals surface area contributed by atoms with Gasteiger partial charge < -0.3 is 5.32 Å². The van der Waals surface area contributed by atoms with Gasteiger partial charge in [0.2, 0.25) is 0 Å². The molecule has 1 amide bonds. The molecule has 0 spiro atoms. The zero-order valence-corrected chi connectivity index (χ0v) is 9.73. The summed E-state index contributed by atoms with van der Waals surface area (Å²) in [5.41, 5.74) is 3.66. The summed E-state index contributed by atoms with van der Waals surface area (Å²) in [4.78, 5) is 11.5. The van der Waals surface area contributed by atoms with Crippen LogP contribution in [0, 0.1) is 11.8 Å². The van der Waals surface area contributed by atoms with Crippen LogP contribution >= 0.6 is 0 Å². The Labute approximate surface area is 106 Å². The second-order valence-corrected chi connectivity index (χ2v) is 4.13. The highest BCUT2D eigenvalue weighted by Crippen LogP contribution is 2.19. The minimum Gasteiger partial charge on any atom is -0.348 e. The Bertz CT molecular complexity index is 662. The molecule has 0 aromatic heterocycles. The number of carbonyl (C=O) groups is 1. The van der Waals surface area contributed by atoms with E-state index in [2.05, 4.69) is 17.2 Å². The Hall–Kier alpha value is -2.53. The summed E-state index contributed by atoms with van der Waals surface area (Å²) in [6.07, 6.45) is 0. The molecular weight excluding hydrogens is 222 g/mol. The molecule has 2 aromatic rings. The quantitative estimate of drug-likeness (QED) is 0.695. The van der Waals surface area contributed by atoms with Crippen LogP contribution in [0.1, 0.15) is 27.0 Å². The van der Waals surface area contributed by atoms with Gasteiger partial charge in [-0.15, -0.1) is 0 Å². The number of rotatable bonds is 0. The van der Waals surface area contributed by atoms with Crippen molar-refractivity contribution in [1.29, 1.82) is 0 Å². The summed E-state index contributed by atoms with van der Waals surface area (Å²) in [6, 6.07) is 15.5. The van der Waals surface area contributed by atoms with Crippen molar-refractivity contribution in [3.8, 4) is 11.8 Å². The Morgan fingerprint density at radius 2 is 1.78 bits per heavy atom. The monoisotopic (exact) mass is 233 g/mol. The van der Waals surface area contributed by atoms with Gasteiger partial charge >= 0.3 is 0 Å². The van der Waals surface area contributed by atoms with Gasteiger partial charge in [-0.05, 0) is 29.8 Å². The van der Waals surface area contributed by atoms with Crippen molar-refractivity contribution in [3.05, 3.63) is 70.8 Å². The van der Waals surface area contributed by atoms with Crippen LogP contribution in [0.25, 0.3) is 0 Å². The SMILES string of the molecule is O=C1NCc2c(C#Cc3ccccc3)cccc21. The van der Waals surface area contributed by atoms with Crippen LogP contribution in [0.15, 0.2) is 48.5 Å². The Morgan fingerprint density at radius 3 is 2.61 bits per heavy atom. The van der Waals surface area contributed by atoms with Crippen LogP contribution in [0.5, 0.6) is 0 Å². The van der Waals surface area contributed by atoms with E-state index in [4.69, 9.17) is 0 Å². The molecule has 0 saturated heterocycles. The van der Waals surface area contributed by atoms with Gasteiger partial charge in [0.05, 0.1) is 0 Å². The lowest BCUT2D eigenvalue weighted by molar-refractivity contribution is 0.0966. The molecule has 1 aliphatic heterocycles.